The van der Waals surface area contributed by atoms with Crippen molar-refractivity contribution in [2.24, 2.45) is 0 Å². The lowest BCUT2D eigenvalue weighted by molar-refractivity contribution is -0.138. The van der Waals surface area contributed by atoms with E-state index in [1.165, 1.54) is 6.07 Å². The Morgan fingerprint density at radius 3 is 2.57 bits per heavy atom. The highest BCUT2D eigenvalue weighted by atomic mass is 19.4. The number of hydrogen-bond donors (Lipinski definition) is 1. The molecule has 1 aliphatic heterocycles. The minimum Gasteiger partial charge on any atom is -0.508 e. The molecule has 1 heterocycles. The quantitative estimate of drug-likeness (QED) is 0.857. The molecule has 1 aliphatic rings. The molecular weight excluding hydrogens is 303 g/mol. The van der Waals surface area contributed by atoms with Crippen molar-refractivity contribution in [3.8, 4) is 5.75 Å². The van der Waals surface area contributed by atoms with Crippen LogP contribution < -0.4 is 0 Å². The van der Waals surface area contributed by atoms with Crippen LogP contribution >= 0.6 is 0 Å². The molecule has 0 bridgehead atoms. The summed E-state index contributed by atoms with van der Waals surface area (Å²) in [6.07, 6.45) is -3.63. The van der Waals surface area contributed by atoms with E-state index in [1.807, 2.05) is 18.0 Å². The summed E-state index contributed by atoms with van der Waals surface area (Å²) in [6, 6.07) is 10.7. The van der Waals surface area contributed by atoms with Crippen LogP contribution in [0, 0.1) is 0 Å². The summed E-state index contributed by atoms with van der Waals surface area (Å²) in [7, 11) is 1.91. The summed E-state index contributed by atoms with van der Waals surface area (Å²) in [4.78, 5) is 2.04. The first-order valence-corrected chi connectivity index (χ1v) is 7.52. The standard InChI is InChI=1S/C18H18F3NO/c1-22-9-8-12-6-7-13(23)10-15(12)16(11-22)14-4-2-3-5-17(14)18(19,20)21/h2-7,10,16,23H,8-9,11H2,1H3. The van der Waals surface area contributed by atoms with Gasteiger partial charge in [0.25, 0.3) is 0 Å². The first kappa shape index (κ1) is 15.9. The smallest absolute Gasteiger partial charge is 0.416 e. The van der Waals surface area contributed by atoms with Crippen LogP contribution in [0.15, 0.2) is 42.5 Å². The van der Waals surface area contributed by atoms with Gasteiger partial charge in [0, 0.05) is 19.0 Å². The number of halogens is 3. The molecule has 2 aromatic rings. The molecule has 2 nitrogen and oxygen atoms in total. The Morgan fingerprint density at radius 1 is 1.09 bits per heavy atom. The molecule has 0 spiro atoms. The van der Waals surface area contributed by atoms with Crippen molar-refractivity contribution in [1.29, 1.82) is 0 Å². The molecule has 1 atom stereocenters. The number of benzene rings is 2. The summed E-state index contributed by atoms with van der Waals surface area (Å²) < 4.78 is 40.2. The van der Waals surface area contributed by atoms with E-state index in [-0.39, 0.29) is 11.3 Å². The molecular formula is C18H18F3NO. The van der Waals surface area contributed by atoms with Crippen LogP contribution in [0.5, 0.6) is 5.75 Å². The topological polar surface area (TPSA) is 23.5 Å². The highest BCUT2D eigenvalue weighted by molar-refractivity contribution is 5.46. The molecule has 0 aliphatic carbocycles. The second kappa shape index (κ2) is 5.89. The summed E-state index contributed by atoms with van der Waals surface area (Å²) >= 11 is 0. The van der Waals surface area contributed by atoms with Crippen molar-refractivity contribution in [1.82, 2.24) is 4.90 Å². The molecule has 5 heteroatoms. The third kappa shape index (κ3) is 3.20. The normalized spacial score (nSPS) is 19.2. The molecule has 0 radical (unpaired) electrons. The minimum atomic E-state index is -4.39. The summed E-state index contributed by atoms with van der Waals surface area (Å²) in [5, 5.41) is 9.80. The Morgan fingerprint density at radius 2 is 1.83 bits per heavy atom. The van der Waals surface area contributed by atoms with Gasteiger partial charge in [-0.3, -0.25) is 0 Å². The van der Waals surface area contributed by atoms with Gasteiger partial charge in [-0.05, 0) is 48.4 Å². The van der Waals surface area contributed by atoms with Gasteiger partial charge in [0.15, 0.2) is 0 Å². The number of aromatic hydroxyl groups is 1. The molecule has 3 rings (SSSR count). The lowest BCUT2D eigenvalue weighted by atomic mass is 9.85. The van der Waals surface area contributed by atoms with E-state index in [0.717, 1.165) is 30.2 Å². The maximum atomic E-state index is 13.4. The molecule has 1 N–H and O–H groups in total. The number of phenols is 1. The van der Waals surface area contributed by atoms with Crippen LogP contribution in [0.1, 0.15) is 28.2 Å². The van der Waals surface area contributed by atoms with Crippen molar-refractivity contribution >= 4 is 0 Å². The molecule has 0 saturated carbocycles. The van der Waals surface area contributed by atoms with E-state index in [9.17, 15) is 18.3 Å². The number of rotatable bonds is 1. The monoisotopic (exact) mass is 321 g/mol. The SMILES string of the molecule is CN1CCc2ccc(O)cc2C(c2ccccc2C(F)(F)F)C1. The molecule has 122 valence electrons. The lowest BCUT2D eigenvalue weighted by Gasteiger charge is -2.25. The van der Waals surface area contributed by atoms with Gasteiger partial charge in [-0.15, -0.1) is 0 Å². The van der Waals surface area contributed by atoms with Gasteiger partial charge in [0.1, 0.15) is 5.75 Å². The van der Waals surface area contributed by atoms with Gasteiger partial charge in [-0.1, -0.05) is 24.3 Å². The van der Waals surface area contributed by atoms with Crippen molar-refractivity contribution in [3.63, 3.8) is 0 Å². The zero-order valence-electron chi connectivity index (χ0n) is 12.8. The fourth-order valence-corrected chi connectivity index (χ4v) is 3.27. The van der Waals surface area contributed by atoms with Gasteiger partial charge in [-0.2, -0.15) is 13.2 Å². The van der Waals surface area contributed by atoms with E-state index in [4.69, 9.17) is 0 Å². The first-order valence-electron chi connectivity index (χ1n) is 7.52. The van der Waals surface area contributed by atoms with Gasteiger partial charge < -0.3 is 10.0 Å². The average molecular weight is 321 g/mol. The molecule has 1 unspecified atom stereocenters. The fraction of sp³-hybridized carbons (Fsp3) is 0.333. The Kier molecular flexibility index (Phi) is 4.06. The number of hydrogen-bond acceptors (Lipinski definition) is 2. The Balaban J connectivity index is 2.18. The molecule has 0 fully saturated rings. The van der Waals surface area contributed by atoms with Crippen LogP contribution in [0.4, 0.5) is 13.2 Å². The van der Waals surface area contributed by atoms with Gasteiger partial charge in [0.2, 0.25) is 0 Å². The van der Waals surface area contributed by atoms with Crippen molar-refractivity contribution in [2.45, 2.75) is 18.5 Å². The summed E-state index contributed by atoms with van der Waals surface area (Å²) in [5.74, 6) is -0.329. The van der Waals surface area contributed by atoms with E-state index >= 15 is 0 Å². The second-order valence-corrected chi connectivity index (χ2v) is 6.03. The molecule has 0 saturated heterocycles. The average Bonchev–Trinajstić information content (AvgIpc) is 2.66. The van der Waals surface area contributed by atoms with Gasteiger partial charge >= 0.3 is 6.18 Å². The number of likely N-dealkylation sites (N-methyl/N-ethyl adjacent to an activating group) is 1. The third-order valence-electron chi connectivity index (χ3n) is 4.40. The first-order chi connectivity index (χ1) is 10.9. The van der Waals surface area contributed by atoms with Crippen LogP contribution in [-0.2, 0) is 12.6 Å². The number of fused-ring (bicyclic) bond motifs is 1. The Labute approximate surface area is 133 Å². The maximum Gasteiger partial charge on any atom is 0.416 e. The van der Waals surface area contributed by atoms with Crippen molar-refractivity contribution < 1.29 is 18.3 Å². The molecule has 23 heavy (non-hydrogen) atoms. The predicted octanol–water partition coefficient (Wildman–Crippen LogP) is 4.03. The maximum absolute atomic E-state index is 13.4. The fourth-order valence-electron chi connectivity index (χ4n) is 3.27. The number of nitrogens with zero attached hydrogens (tertiary/aromatic N) is 1. The predicted molar refractivity (Wildman–Crippen MR) is 82.6 cm³/mol. The molecule has 0 amide bonds. The zero-order valence-corrected chi connectivity index (χ0v) is 12.8. The molecule has 0 aromatic heterocycles. The third-order valence-corrected chi connectivity index (χ3v) is 4.40. The highest BCUT2D eigenvalue weighted by Gasteiger charge is 2.36. The molecule has 2 aromatic carbocycles. The van der Waals surface area contributed by atoms with Gasteiger partial charge in [0.05, 0.1) is 5.56 Å². The Bertz CT molecular complexity index is 712. The summed E-state index contributed by atoms with van der Waals surface area (Å²) in [6.45, 7) is 1.27. The van der Waals surface area contributed by atoms with E-state index in [1.54, 1.807) is 24.3 Å². The lowest BCUT2D eigenvalue weighted by Crippen LogP contribution is -2.25. The summed E-state index contributed by atoms with van der Waals surface area (Å²) in [5.41, 5.74) is 1.44. The second-order valence-electron chi connectivity index (χ2n) is 6.03. The van der Waals surface area contributed by atoms with Crippen molar-refractivity contribution in [2.75, 3.05) is 20.1 Å². The van der Waals surface area contributed by atoms with Crippen LogP contribution in [0.2, 0.25) is 0 Å². The van der Waals surface area contributed by atoms with Crippen molar-refractivity contribution in [3.05, 3.63) is 64.7 Å². The van der Waals surface area contributed by atoms with E-state index < -0.39 is 17.7 Å². The van der Waals surface area contributed by atoms with E-state index in [2.05, 4.69) is 0 Å². The van der Waals surface area contributed by atoms with E-state index in [0.29, 0.717) is 6.54 Å². The van der Waals surface area contributed by atoms with Gasteiger partial charge in [-0.25, -0.2) is 0 Å². The zero-order chi connectivity index (χ0) is 16.6. The highest BCUT2D eigenvalue weighted by Crippen LogP contribution is 2.40. The van der Waals surface area contributed by atoms with Crippen LogP contribution in [0.3, 0.4) is 0 Å². The van der Waals surface area contributed by atoms with Crippen LogP contribution in [0.25, 0.3) is 0 Å². The van der Waals surface area contributed by atoms with Crippen LogP contribution in [-0.4, -0.2) is 30.1 Å². The number of phenolic OH excluding ortho intramolecular Hbond substituents is 1. The largest absolute Gasteiger partial charge is 0.508 e. The Hall–Kier alpha value is -2.01. The minimum absolute atomic E-state index is 0.0859. The number of alkyl halides is 3.